The van der Waals surface area contributed by atoms with Crippen molar-refractivity contribution < 1.29 is 22.4 Å². The third-order valence-corrected chi connectivity index (χ3v) is 9.63. The van der Waals surface area contributed by atoms with Crippen LogP contribution in [0.15, 0.2) is 77.3 Å². The normalized spacial score (nSPS) is 14.7. The van der Waals surface area contributed by atoms with Crippen molar-refractivity contribution in [3.63, 3.8) is 0 Å². The standard InChI is InChI=1S/C32H37BrFN3O4S/c1-23-19-28(17-18-29(23)33)37(42(2,40)41)22-31(38)36(21-25-13-15-26(34)16-14-25)30(20-24-9-5-3-6-10-24)32(39)35-27-11-7-4-8-12-27/h3,5-6,9-10,13-19,27,30H,4,7-8,11-12,20-22H2,1-2H3,(H,35,39). The number of hydrogen-bond donors (Lipinski definition) is 1. The molecule has 0 saturated heterocycles. The molecule has 0 aromatic heterocycles. The Morgan fingerprint density at radius 1 is 0.976 bits per heavy atom. The number of nitrogens with zero attached hydrogens (tertiary/aromatic N) is 2. The van der Waals surface area contributed by atoms with E-state index in [0.29, 0.717) is 11.3 Å². The summed E-state index contributed by atoms with van der Waals surface area (Å²) in [6, 6.07) is 19.3. The molecule has 2 amide bonds. The molecule has 224 valence electrons. The third kappa shape index (κ3) is 8.64. The van der Waals surface area contributed by atoms with Crippen LogP contribution < -0.4 is 9.62 Å². The SMILES string of the molecule is Cc1cc(N(CC(=O)N(Cc2ccc(F)cc2)C(Cc2ccccc2)C(=O)NC2CCCCC2)S(C)(=O)=O)ccc1Br. The lowest BCUT2D eigenvalue weighted by molar-refractivity contribution is -0.140. The van der Waals surface area contributed by atoms with Crippen molar-refractivity contribution in [1.82, 2.24) is 10.2 Å². The van der Waals surface area contributed by atoms with E-state index in [1.165, 1.54) is 17.0 Å². The van der Waals surface area contributed by atoms with Crippen molar-refractivity contribution in [3.05, 3.63) is 99.8 Å². The quantitative estimate of drug-likeness (QED) is 0.284. The van der Waals surface area contributed by atoms with Gasteiger partial charge in [0.2, 0.25) is 21.8 Å². The molecule has 0 radical (unpaired) electrons. The predicted molar refractivity (Wildman–Crippen MR) is 167 cm³/mol. The van der Waals surface area contributed by atoms with Crippen molar-refractivity contribution in [2.45, 2.75) is 64.1 Å². The zero-order valence-corrected chi connectivity index (χ0v) is 26.3. The van der Waals surface area contributed by atoms with E-state index in [2.05, 4.69) is 21.2 Å². The lowest BCUT2D eigenvalue weighted by Gasteiger charge is -2.35. The van der Waals surface area contributed by atoms with Crippen LogP contribution in [0.3, 0.4) is 0 Å². The Morgan fingerprint density at radius 2 is 1.64 bits per heavy atom. The number of sulfonamides is 1. The molecule has 7 nitrogen and oxygen atoms in total. The van der Waals surface area contributed by atoms with Gasteiger partial charge in [-0.05, 0) is 66.8 Å². The van der Waals surface area contributed by atoms with Gasteiger partial charge in [0.1, 0.15) is 18.4 Å². The predicted octanol–water partition coefficient (Wildman–Crippen LogP) is 5.75. The molecule has 1 fully saturated rings. The van der Waals surface area contributed by atoms with E-state index >= 15 is 0 Å². The summed E-state index contributed by atoms with van der Waals surface area (Å²) in [7, 11) is -3.86. The summed E-state index contributed by atoms with van der Waals surface area (Å²) in [5.74, 6) is -1.24. The molecule has 0 spiro atoms. The van der Waals surface area contributed by atoms with Gasteiger partial charge in [0.05, 0.1) is 11.9 Å². The molecule has 3 aromatic carbocycles. The first kappa shape index (κ1) is 31.7. The number of carbonyl (C=O) groups is 2. The van der Waals surface area contributed by atoms with Gasteiger partial charge in [0.15, 0.2) is 0 Å². The maximum Gasteiger partial charge on any atom is 0.244 e. The minimum Gasteiger partial charge on any atom is -0.352 e. The zero-order chi connectivity index (χ0) is 30.3. The lowest BCUT2D eigenvalue weighted by atomic mass is 9.94. The molecule has 3 aromatic rings. The Kier molecular flexibility index (Phi) is 10.8. The number of aryl methyl sites for hydroxylation is 1. The van der Waals surface area contributed by atoms with Crippen molar-refractivity contribution in [3.8, 4) is 0 Å². The molecule has 1 unspecified atom stereocenters. The van der Waals surface area contributed by atoms with Crippen LogP contribution >= 0.6 is 15.9 Å². The van der Waals surface area contributed by atoms with Crippen LogP contribution in [-0.4, -0.2) is 50.0 Å². The fourth-order valence-corrected chi connectivity index (χ4v) is 6.37. The van der Waals surface area contributed by atoms with Crippen LogP contribution in [0.2, 0.25) is 0 Å². The van der Waals surface area contributed by atoms with E-state index in [1.54, 1.807) is 30.3 Å². The first-order chi connectivity index (χ1) is 20.0. The number of benzene rings is 3. The Bertz CT molecular complexity index is 1480. The summed E-state index contributed by atoms with van der Waals surface area (Å²) in [6.07, 6.45) is 6.24. The summed E-state index contributed by atoms with van der Waals surface area (Å²) in [6.45, 7) is 1.34. The molecule has 0 aliphatic heterocycles. The van der Waals surface area contributed by atoms with Gasteiger partial charge in [-0.25, -0.2) is 12.8 Å². The number of halogens is 2. The summed E-state index contributed by atoms with van der Waals surface area (Å²) in [5.41, 5.74) is 2.64. The third-order valence-electron chi connectivity index (χ3n) is 7.60. The number of nitrogens with one attached hydrogen (secondary N) is 1. The van der Waals surface area contributed by atoms with Gasteiger partial charge >= 0.3 is 0 Å². The second kappa shape index (κ2) is 14.3. The molecule has 1 aliphatic rings. The first-order valence-corrected chi connectivity index (χ1v) is 16.8. The molecule has 1 aliphatic carbocycles. The topological polar surface area (TPSA) is 86.8 Å². The maximum absolute atomic E-state index is 14.2. The van der Waals surface area contributed by atoms with Gasteiger partial charge in [-0.15, -0.1) is 0 Å². The zero-order valence-electron chi connectivity index (χ0n) is 23.9. The van der Waals surface area contributed by atoms with Gasteiger partial charge in [0, 0.05) is 23.5 Å². The van der Waals surface area contributed by atoms with Crippen molar-refractivity contribution >= 4 is 43.5 Å². The molecule has 4 rings (SSSR count). The molecule has 1 atom stereocenters. The van der Waals surface area contributed by atoms with Crippen molar-refractivity contribution in [1.29, 1.82) is 0 Å². The van der Waals surface area contributed by atoms with Crippen molar-refractivity contribution in [2.75, 3.05) is 17.1 Å². The molecular formula is C32H37BrFN3O4S. The summed E-state index contributed by atoms with van der Waals surface area (Å²) in [4.78, 5) is 29.6. The Labute approximate surface area is 256 Å². The van der Waals surface area contributed by atoms with Crippen LogP contribution in [0.5, 0.6) is 0 Å². The van der Waals surface area contributed by atoms with Gasteiger partial charge < -0.3 is 10.2 Å². The van der Waals surface area contributed by atoms with Crippen LogP contribution in [0.4, 0.5) is 10.1 Å². The van der Waals surface area contributed by atoms with Gasteiger partial charge in [-0.1, -0.05) is 77.7 Å². The highest BCUT2D eigenvalue weighted by atomic mass is 79.9. The van der Waals surface area contributed by atoms with E-state index in [1.807, 2.05) is 37.3 Å². The number of rotatable bonds is 11. The highest BCUT2D eigenvalue weighted by Crippen LogP contribution is 2.26. The minimum atomic E-state index is -3.86. The van der Waals surface area contributed by atoms with Gasteiger partial charge in [-0.2, -0.15) is 0 Å². The van der Waals surface area contributed by atoms with E-state index in [-0.39, 0.29) is 24.9 Å². The molecule has 42 heavy (non-hydrogen) atoms. The summed E-state index contributed by atoms with van der Waals surface area (Å²) < 4.78 is 41.5. The van der Waals surface area contributed by atoms with Crippen LogP contribution in [0.1, 0.15) is 48.8 Å². The maximum atomic E-state index is 14.2. The number of anilines is 1. The van der Waals surface area contributed by atoms with E-state index in [4.69, 9.17) is 0 Å². The highest BCUT2D eigenvalue weighted by molar-refractivity contribution is 9.10. The Hall–Kier alpha value is -3.24. The molecular weight excluding hydrogens is 621 g/mol. The molecule has 1 saturated carbocycles. The lowest BCUT2D eigenvalue weighted by Crippen LogP contribution is -2.55. The van der Waals surface area contributed by atoms with Crippen LogP contribution in [-0.2, 0) is 32.6 Å². The van der Waals surface area contributed by atoms with E-state index in [0.717, 1.165) is 58.3 Å². The fourth-order valence-electron chi connectivity index (χ4n) is 5.28. The average Bonchev–Trinajstić information content (AvgIpc) is 2.96. The number of amides is 2. The largest absolute Gasteiger partial charge is 0.352 e. The minimum absolute atomic E-state index is 0.00562. The summed E-state index contributed by atoms with van der Waals surface area (Å²) in [5, 5.41) is 3.17. The first-order valence-electron chi connectivity index (χ1n) is 14.1. The van der Waals surface area contributed by atoms with Crippen molar-refractivity contribution in [2.24, 2.45) is 0 Å². The van der Waals surface area contributed by atoms with Crippen LogP contribution in [0.25, 0.3) is 0 Å². The van der Waals surface area contributed by atoms with Crippen LogP contribution in [0, 0.1) is 12.7 Å². The average molecular weight is 659 g/mol. The smallest absolute Gasteiger partial charge is 0.244 e. The molecule has 1 N–H and O–H groups in total. The second-order valence-electron chi connectivity index (χ2n) is 10.9. The van der Waals surface area contributed by atoms with Gasteiger partial charge in [0.25, 0.3) is 0 Å². The fraction of sp³-hybridized carbons (Fsp3) is 0.375. The molecule has 10 heteroatoms. The molecule has 0 bridgehead atoms. The van der Waals surface area contributed by atoms with Gasteiger partial charge in [-0.3, -0.25) is 13.9 Å². The second-order valence-corrected chi connectivity index (χ2v) is 13.7. The summed E-state index contributed by atoms with van der Waals surface area (Å²) >= 11 is 3.44. The number of hydrogen-bond acceptors (Lipinski definition) is 4. The van der Waals surface area contributed by atoms with E-state index in [9.17, 15) is 22.4 Å². The van der Waals surface area contributed by atoms with E-state index < -0.39 is 34.3 Å². The highest BCUT2D eigenvalue weighted by Gasteiger charge is 2.34. The number of carbonyl (C=O) groups excluding carboxylic acids is 2. The Balaban J connectivity index is 1.72. The molecule has 0 heterocycles. The Morgan fingerprint density at radius 3 is 2.26 bits per heavy atom. The monoisotopic (exact) mass is 657 g/mol.